The monoisotopic (exact) mass is 359 g/mol. The Morgan fingerprint density at radius 2 is 1.83 bits per heavy atom. The van der Waals surface area contributed by atoms with Crippen molar-refractivity contribution >= 4 is 29.1 Å². The van der Waals surface area contributed by atoms with Gasteiger partial charge in [0, 0.05) is 22.8 Å². The van der Waals surface area contributed by atoms with Gasteiger partial charge in [-0.2, -0.15) is 5.10 Å². The summed E-state index contributed by atoms with van der Waals surface area (Å²) >= 11 is 11.8. The number of benzene rings is 2. The molecule has 1 N–H and O–H groups in total. The fourth-order valence-corrected chi connectivity index (χ4v) is 2.58. The minimum absolute atomic E-state index is 0.204. The molecule has 0 saturated carbocycles. The smallest absolute Gasteiger partial charge is 0.271 e. The normalized spacial score (nSPS) is 10.6. The van der Waals surface area contributed by atoms with Crippen LogP contribution in [0.2, 0.25) is 10.0 Å². The lowest BCUT2D eigenvalue weighted by atomic mass is 10.1. The van der Waals surface area contributed by atoms with Gasteiger partial charge in [0.05, 0.1) is 5.69 Å². The molecule has 0 fully saturated rings. The molecular formula is C18H15Cl2N3O. The van der Waals surface area contributed by atoms with Crippen LogP contribution in [0.25, 0.3) is 5.69 Å². The molecule has 0 aliphatic rings. The predicted octanol–water partition coefficient (Wildman–Crippen LogP) is 4.15. The van der Waals surface area contributed by atoms with Gasteiger partial charge in [-0.3, -0.25) is 4.79 Å². The summed E-state index contributed by atoms with van der Waals surface area (Å²) in [5, 5.41) is 8.48. The highest BCUT2D eigenvalue weighted by Gasteiger charge is 2.10. The first-order valence-corrected chi connectivity index (χ1v) is 8.22. The standard InChI is InChI=1S/C18H15Cl2N3O/c19-14-6-4-13(5-7-14)8-10-21-18(24)17-9-11-23(22-17)16-3-1-2-15(20)12-16/h1-7,9,11-12H,8,10H2,(H,21,24). The number of aromatic nitrogens is 2. The summed E-state index contributed by atoms with van der Waals surface area (Å²) in [6.07, 6.45) is 2.47. The third-order valence-corrected chi connectivity index (χ3v) is 3.99. The summed E-state index contributed by atoms with van der Waals surface area (Å²) < 4.78 is 1.62. The zero-order valence-corrected chi connectivity index (χ0v) is 14.3. The molecule has 0 spiro atoms. The number of nitrogens with one attached hydrogen (secondary N) is 1. The molecule has 1 amide bonds. The molecule has 1 aromatic heterocycles. The van der Waals surface area contributed by atoms with E-state index in [1.807, 2.05) is 36.4 Å². The number of hydrogen-bond donors (Lipinski definition) is 1. The fraction of sp³-hybridized carbons (Fsp3) is 0.111. The van der Waals surface area contributed by atoms with Crippen LogP contribution in [0, 0.1) is 0 Å². The minimum atomic E-state index is -0.204. The Labute approximate surface area is 150 Å². The van der Waals surface area contributed by atoms with E-state index in [2.05, 4.69) is 10.4 Å². The minimum Gasteiger partial charge on any atom is -0.350 e. The number of amides is 1. The highest BCUT2D eigenvalue weighted by Crippen LogP contribution is 2.14. The van der Waals surface area contributed by atoms with Crippen molar-refractivity contribution in [2.45, 2.75) is 6.42 Å². The Kier molecular flexibility index (Phi) is 5.18. The van der Waals surface area contributed by atoms with Gasteiger partial charge in [-0.25, -0.2) is 4.68 Å². The molecule has 4 nitrogen and oxygen atoms in total. The summed E-state index contributed by atoms with van der Waals surface area (Å²) in [6.45, 7) is 0.532. The van der Waals surface area contributed by atoms with Gasteiger partial charge in [0.1, 0.15) is 0 Å². The summed E-state index contributed by atoms with van der Waals surface area (Å²) in [7, 11) is 0. The third-order valence-electron chi connectivity index (χ3n) is 3.51. The van der Waals surface area contributed by atoms with Gasteiger partial charge in [-0.15, -0.1) is 0 Å². The highest BCUT2D eigenvalue weighted by molar-refractivity contribution is 6.30. The van der Waals surface area contributed by atoms with Crippen LogP contribution in [0.4, 0.5) is 0 Å². The number of carbonyl (C=O) groups excluding carboxylic acids is 1. The summed E-state index contributed by atoms with van der Waals surface area (Å²) in [5.74, 6) is -0.204. The van der Waals surface area contributed by atoms with Crippen LogP contribution < -0.4 is 5.32 Å². The zero-order chi connectivity index (χ0) is 16.9. The predicted molar refractivity (Wildman–Crippen MR) is 96.1 cm³/mol. The summed E-state index contributed by atoms with van der Waals surface area (Å²) in [5.41, 5.74) is 2.29. The lowest BCUT2D eigenvalue weighted by Gasteiger charge is -2.04. The van der Waals surface area contributed by atoms with E-state index in [-0.39, 0.29) is 5.91 Å². The molecule has 2 aromatic carbocycles. The van der Waals surface area contributed by atoms with Gasteiger partial charge in [0.2, 0.25) is 0 Å². The Morgan fingerprint density at radius 1 is 1.04 bits per heavy atom. The van der Waals surface area contributed by atoms with Crippen LogP contribution in [-0.2, 0) is 6.42 Å². The van der Waals surface area contributed by atoms with Crippen LogP contribution in [0.3, 0.4) is 0 Å². The van der Waals surface area contributed by atoms with Crippen molar-refractivity contribution in [2.75, 3.05) is 6.54 Å². The first kappa shape index (κ1) is 16.6. The van der Waals surface area contributed by atoms with Crippen molar-refractivity contribution in [2.24, 2.45) is 0 Å². The Bertz CT molecular complexity index is 843. The van der Waals surface area contributed by atoms with Crippen LogP contribution in [0.1, 0.15) is 16.1 Å². The van der Waals surface area contributed by atoms with Gasteiger partial charge in [0.25, 0.3) is 5.91 Å². The molecule has 0 saturated heterocycles. The van der Waals surface area contributed by atoms with E-state index in [0.29, 0.717) is 22.3 Å². The second-order valence-electron chi connectivity index (χ2n) is 5.26. The second-order valence-corrected chi connectivity index (χ2v) is 6.13. The van der Waals surface area contributed by atoms with Crippen molar-refractivity contribution in [3.63, 3.8) is 0 Å². The van der Waals surface area contributed by atoms with Crippen molar-refractivity contribution in [3.05, 3.63) is 82.1 Å². The first-order chi connectivity index (χ1) is 11.6. The van der Waals surface area contributed by atoms with Gasteiger partial charge < -0.3 is 5.32 Å². The maximum absolute atomic E-state index is 12.2. The molecule has 0 unspecified atom stereocenters. The third kappa shape index (κ3) is 4.16. The second kappa shape index (κ2) is 7.51. The lowest BCUT2D eigenvalue weighted by Crippen LogP contribution is -2.26. The van der Waals surface area contributed by atoms with Gasteiger partial charge in [-0.1, -0.05) is 41.4 Å². The van der Waals surface area contributed by atoms with Crippen LogP contribution in [-0.4, -0.2) is 22.2 Å². The van der Waals surface area contributed by atoms with Crippen LogP contribution in [0.15, 0.2) is 60.8 Å². The number of rotatable bonds is 5. The molecule has 1 heterocycles. The van der Waals surface area contributed by atoms with E-state index in [1.165, 1.54) is 0 Å². The van der Waals surface area contributed by atoms with Gasteiger partial charge >= 0.3 is 0 Å². The Morgan fingerprint density at radius 3 is 2.58 bits per heavy atom. The van der Waals surface area contributed by atoms with E-state index < -0.39 is 0 Å². The van der Waals surface area contributed by atoms with Crippen LogP contribution in [0.5, 0.6) is 0 Å². The van der Waals surface area contributed by atoms with E-state index in [1.54, 1.807) is 29.1 Å². The first-order valence-electron chi connectivity index (χ1n) is 7.46. The average Bonchev–Trinajstić information content (AvgIpc) is 3.07. The molecule has 6 heteroatoms. The molecule has 24 heavy (non-hydrogen) atoms. The Balaban J connectivity index is 1.58. The molecule has 0 aliphatic carbocycles. The van der Waals surface area contributed by atoms with E-state index in [9.17, 15) is 4.79 Å². The van der Waals surface area contributed by atoms with Crippen molar-refractivity contribution in [1.82, 2.24) is 15.1 Å². The van der Waals surface area contributed by atoms with E-state index >= 15 is 0 Å². The molecule has 0 bridgehead atoms. The summed E-state index contributed by atoms with van der Waals surface area (Å²) in [6, 6.07) is 16.5. The fourth-order valence-electron chi connectivity index (χ4n) is 2.27. The van der Waals surface area contributed by atoms with Crippen molar-refractivity contribution in [3.8, 4) is 5.69 Å². The largest absolute Gasteiger partial charge is 0.350 e. The molecule has 0 aliphatic heterocycles. The number of carbonyl (C=O) groups is 1. The number of halogens is 2. The molecule has 3 rings (SSSR count). The molecule has 3 aromatic rings. The SMILES string of the molecule is O=C(NCCc1ccc(Cl)cc1)c1ccn(-c2cccc(Cl)c2)n1. The van der Waals surface area contributed by atoms with Gasteiger partial charge in [0.15, 0.2) is 5.69 Å². The maximum atomic E-state index is 12.2. The van der Waals surface area contributed by atoms with E-state index in [4.69, 9.17) is 23.2 Å². The maximum Gasteiger partial charge on any atom is 0.271 e. The Hall–Kier alpha value is -2.30. The topological polar surface area (TPSA) is 46.9 Å². The quantitative estimate of drug-likeness (QED) is 0.743. The zero-order valence-electron chi connectivity index (χ0n) is 12.7. The molecule has 0 atom stereocenters. The number of nitrogens with zero attached hydrogens (tertiary/aromatic N) is 2. The number of hydrogen-bond acceptors (Lipinski definition) is 2. The molecular weight excluding hydrogens is 345 g/mol. The lowest BCUT2D eigenvalue weighted by molar-refractivity contribution is 0.0948. The van der Waals surface area contributed by atoms with Crippen molar-refractivity contribution in [1.29, 1.82) is 0 Å². The van der Waals surface area contributed by atoms with E-state index in [0.717, 1.165) is 17.7 Å². The van der Waals surface area contributed by atoms with Crippen molar-refractivity contribution < 1.29 is 4.79 Å². The highest BCUT2D eigenvalue weighted by atomic mass is 35.5. The summed E-state index contributed by atoms with van der Waals surface area (Å²) in [4.78, 5) is 12.2. The van der Waals surface area contributed by atoms with Gasteiger partial charge in [-0.05, 0) is 48.4 Å². The average molecular weight is 360 g/mol. The van der Waals surface area contributed by atoms with Crippen LogP contribution >= 0.6 is 23.2 Å². The molecule has 0 radical (unpaired) electrons. The molecule has 122 valence electrons.